The van der Waals surface area contributed by atoms with Gasteiger partial charge in [0.25, 0.3) is 0 Å². The molecule has 2 heteroatoms. The van der Waals surface area contributed by atoms with Crippen LogP contribution in [-0.2, 0) is 10.8 Å². The van der Waals surface area contributed by atoms with E-state index in [1.54, 1.807) is 0 Å². The lowest BCUT2D eigenvalue weighted by molar-refractivity contribution is 0.632. The molecule has 2 aliphatic heterocycles. The summed E-state index contributed by atoms with van der Waals surface area (Å²) < 4.78 is 0. The van der Waals surface area contributed by atoms with Crippen LogP contribution in [-0.4, -0.2) is 0 Å². The Morgan fingerprint density at radius 1 is 0.304 bits per heavy atom. The zero-order valence-electron chi connectivity index (χ0n) is 26.8. The van der Waals surface area contributed by atoms with Gasteiger partial charge in [-0.1, -0.05) is 149 Å². The van der Waals surface area contributed by atoms with Crippen LogP contribution >= 0.6 is 0 Å². The molecule has 0 radical (unpaired) electrons. The van der Waals surface area contributed by atoms with Crippen molar-refractivity contribution in [2.24, 2.45) is 0 Å². The highest BCUT2D eigenvalue weighted by molar-refractivity contribution is 6.24. The largest absolute Gasteiger partial charge is 0.309 e. The highest BCUT2D eigenvalue weighted by Gasteiger charge is 2.40. The third kappa shape index (κ3) is 3.53. The Balaban J connectivity index is 1.43. The molecule has 0 saturated heterocycles. The summed E-state index contributed by atoms with van der Waals surface area (Å²) in [6.07, 6.45) is 0. The van der Waals surface area contributed by atoms with E-state index in [2.05, 4.69) is 183 Å². The van der Waals surface area contributed by atoms with E-state index in [4.69, 9.17) is 0 Å². The Morgan fingerprint density at radius 3 is 0.783 bits per heavy atom. The van der Waals surface area contributed by atoms with E-state index in [-0.39, 0.29) is 10.8 Å². The molecule has 7 aromatic carbocycles. The predicted molar refractivity (Wildman–Crippen MR) is 195 cm³/mol. The van der Waals surface area contributed by atoms with E-state index in [0.717, 1.165) is 0 Å². The first-order valence-electron chi connectivity index (χ1n) is 16.3. The summed E-state index contributed by atoms with van der Waals surface area (Å²) >= 11 is 0. The molecule has 0 spiro atoms. The maximum Gasteiger partial charge on any atom is 0.0620 e. The highest BCUT2D eigenvalue weighted by atomic mass is 15.2. The van der Waals surface area contributed by atoms with Gasteiger partial charge in [0.1, 0.15) is 0 Å². The van der Waals surface area contributed by atoms with E-state index >= 15 is 0 Å². The summed E-state index contributed by atoms with van der Waals surface area (Å²) in [5.41, 5.74) is 12.5. The van der Waals surface area contributed by atoms with Crippen molar-refractivity contribution in [3.05, 3.63) is 168 Å². The predicted octanol–water partition coefficient (Wildman–Crippen LogP) is 12.2. The monoisotopic (exact) mass is 592 g/mol. The third-order valence-corrected chi connectivity index (χ3v) is 10.6. The van der Waals surface area contributed by atoms with E-state index in [1.165, 1.54) is 77.9 Å². The molecule has 0 amide bonds. The van der Waals surface area contributed by atoms with Crippen LogP contribution in [0, 0.1) is 0 Å². The molecule has 0 unspecified atom stereocenters. The average Bonchev–Trinajstić information content (AvgIpc) is 3.09. The van der Waals surface area contributed by atoms with Crippen LogP contribution in [0.4, 0.5) is 34.1 Å². The molecule has 2 aliphatic rings. The smallest absolute Gasteiger partial charge is 0.0620 e. The van der Waals surface area contributed by atoms with Gasteiger partial charge in [-0.15, -0.1) is 0 Å². The van der Waals surface area contributed by atoms with Crippen LogP contribution in [0.3, 0.4) is 0 Å². The highest BCUT2D eigenvalue weighted by Crippen LogP contribution is 2.58. The molecule has 0 N–H and O–H groups in total. The molecule has 0 bridgehead atoms. The molecular weight excluding hydrogens is 556 g/mol. The standard InChI is InChI=1S/C44H36N2/c1-43(2)33-21-9-13-25-37(33)45(38-26-14-10-22-34(38)43)41-29-17-5-7-19-31(29)42(32-20-8-6-18-30(32)41)46-39-27-15-11-23-35(39)44(3,4)36-24-12-16-28-40(36)46/h5-28H,1-4H3. The van der Waals surface area contributed by atoms with E-state index in [0.29, 0.717) is 0 Å². The normalized spacial score (nSPS) is 15.7. The van der Waals surface area contributed by atoms with Crippen molar-refractivity contribution in [2.45, 2.75) is 38.5 Å². The van der Waals surface area contributed by atoms with E-state index in [1.807, 2.05) is 0 Å². The summed E-state index contributed by atoms with van der Waals surface area (Å²) in [5.74, 6) is 0. The van der Waals surface area contributed by atoms with Crippen LogP contribution in [0.15, 0.2) is 146 Å². The molecule has 0 aliphatic carbocycles. The Bertz CT molecular complexity index is 2020. The second kappa shape index (κ2) is 9.58. The van der Waals surface area contributed by atoms with E-state index < -0.39 is 0 Å². The molecule has 0 saturated carbocycles. The van der Waals surface area contributed by atoms with Gasteiger partial charge < -0.3 is 9.80 Å². The number of nitrogens with zero attached hydrogens (tertiary/aromatic N) is 2. The van der Waals surface area contributed by atoms with Gasteiger partial charge in [-0.25, -0.2) is 0 Å². The van der Waals surface area contributed by atoms with Crippen molar-refractivity contribution in [2.75, 3.05) is 9.80 Å². The summed E-state index contributed by atoms with van der Waals surface area (Å²) in [4.78, 5) is 5.07. The Labute approximate surface area is 271 Å². The number of benzene rings is 7. The number of hydrogen-bond donors (Lipinski definition) is 0. The van der Waals surface area contributed by atoms with Gasteiger partial charge in [0.15, 0.2) is 0 Å². The summed E-state index contributed by atoms with van der Waals surface area (Å²) in [5, 5.41) is 4.95. The number of rotatable bonds is 2. The van der Waals surface area contributed by atoms with Gasteiger partial charge in [-0.3, -0.25) is 0 Å². The second-order valence-electron chi connectivity index (χ2n) is 13.8. The molecule has 0 aromatic heterocycles. The first-order chi connectivity index (χ1) is 22.4. The first-order valence-corrected chi connectivity index (χ1v) is 16.3. The zero-order chi connectivity index (χ0) is 31.2. The van der Waals surface area contributed by atoms with Crippen LogP contribution in [0.5, 0.6) is 0 Å². The van der Waals surface area contributed by atoms with Crippen LogP contribution in [0.25, 0.3) is 21.5 Å². The topological polar surface area (TPSA) is 6.48 Å². The minimum Gasteiger partial charge on any atom is -0.309 e. The fourth-order valence-electron chi connectivity index (χ4n) is 8.38. The van der Waals surface area contributed by atoms with Crippen molar-refractivity contribution in [1.29, 1.82) is 0 Å². The van der Waals surface area contributed by atoms with Crippen molar-refractivity contribution >= 4 is 55.7 Å². The summed E-state index contributed by atoms with van der Waals surface area (Å²) in [6.45, 7) is 9.42. The van der Waals surface area contributed by atoms with Gasteiger partial charge in [0.05, 0.1) is 34.1 Å². The van der Waals surface area contributed by atoms with Gasteiger partial charge in [0.2, 0.25) is 0 Å². The number of anilines is 6. The number of para-hydroxylation sites is 4. The van der Waals surface area contributed by atoms with Gasteiger partial charge >= 0.3 is 0 Å². The van der Waals surface area contributed by atoms with Gasteiger partial charge in [-0.05, 0) is 46.5 Å². The van der Waals surface area contributed by atoms with Crippen LogP contribution in [0.2, 0.25) is 0 Å². The molecule has 222 valence electrons. The molecule has 2 nitrogen and oxygen atoms in total. The maximum absolute atomic E-state index is 2.53. The molecule has 2 heterocycles. The lowest BCUT2D eigenvalue weighted by Crippen LogP contribution is -2.31. The SMILES string of the molecule is CC1(C)c2ccccc2N(c2c3ccccc3c(N3c4ccccc4C(C)(C)c4ccccc43)c3ccccc23)c2ccccc21. The fourth-order valence-corrected chi connectivity index (χ4v) is 8.38. The molecular formula is C44H36N2. The van der Waals surface area contributed by atoms with Crippen molar-refractivity contribution < 1.29 is 0 Å². The Kier molecular flexibility index (Phi) is 5.63. The lowest BCUT2D eigenvalue weighted by Gasteiger charge is -2.44. The molecule has 0 fully saturated rings. The number of fused-ring (bicyclic) bond motifs is 6. The Hall–Kier alpha value is -5.34. The third-order valence-electron chi connectivity index (χ3n) is 10.6. The average molecular weight is 593 g/mol. The second-order valence-corrected chi connectivity index (χ2v) is 13.8. The van der Waals surface area contributed by atoms with Gasteiger partial charge in [-0.2, -0.15) is 0 Å². The first kappa shape index (κ1) is 27.0. The minimum absolute atomic E-state index is 0.122. The molecule has 9 rings (SSSR count). The zero-order valence-corrected chi connectivity index (χ0v) is 26.8. The number of hydrogen-bond acceptors (Lipinski definition) is 2. The van der Waals surface area contributed by atoms with Crippen LogP contribution < -0.4 is 9.80 Å². The molecule has 46 heavy (non-hydrogen) atoms. The van der Waals surface area contributed by atoms with Crippen molar-refractivity contribution in [3.63, 3.8) is 0 Å². The van der Waals surface area contributed by atoms with E-state index in [9.17, 15) is 0 Å². The summed E-state index contributed by atoms with van der Waals surface area (Å²) in [7, 11) is 0. The molecule has 0 atom stereocenters. The fraction of sp³-hybridized carbons (Fsp3) is 0.136. The minimum atomic E-state index is -0.122. The van der Waals surface area contributed by atoms with Crippen molar-refractivity contribution in [3.8, 4) is 0 Å². The van der Waals surface area contributed by atoms with Gasteiger partial charge in [0, 0.05) is 32.4 Å². The maximum atomic E-state index is 2.53. The van der Waals surface area contributed by atoms with Crippen molar-refractivity contribution in [1.82, 2.24) is 0 Å². The molecule has 7 aromatic rings. The van der Waals surface area contributed by atoms with Crippen LogP contribution in [0.1, 0.15) is 49.9 Å². The Morgan fingerprint density at radius 2 is 0.522 bits per heavy atom. The summed E-state index contributed by atoms with van der Waals surface area (Å²) in [6, 6.07) is 53.9. The lowest BCUT2D eigenvalue weighted by atomic mass is 9.73. The quantitative estimate of drug-likeness (QED) is 0.184.